The van der Waals surface area contributed by atoms with Gasteiger partial charge in [0.1, 0.15) is 5.76 Å². The van der Waals surface area contributed by atoms with Crippen molar-refractivity contribution in [3.63, 3.8) is 0 Å². The van der Waals surface area contributed by atoms with Crippen LogP contribution >= 0.6 is 0 Å². The van der Waals surface area contributed by atoms with Gasteiger partial charge in [-0.1, -0.05) is 50.1 Å². The lowest BCUT2D eigenvalue weighted by Crippen LogP contribution is -2.39. The molecule has 2 heterocycles. The number of hydrogen-bond acceptors (Lipinski definition) is 4. The van der Waals surface area contributed by atoms with Gasteiger partial charge in [0.15, 0.2) is 0 Å². The molecule has 1 fully saturated rings. The van der Waals surface area contributed by atoms with Gasteiger partial charge in [0.25, 0.3) is 0 Å². The fourth-order valence-electron chi connectivity index (χ4n) is 4.17. The first-order chi connectivity index (χ1) is 15.2. The molecule has 0 spiro atoms. The Hall–Kier alpha value is -2.85. The number of aromatic nitrogens is 1. The molecular formula is C27H35N3O. The number of hydrogen-bond donors (Lipinski definition) is 0. The minimum atomic E-state index is 0.591. The maximum Gasteiger partial charge on any atom is 0.115 e. The van der Waals surface area contributed by atoms with Crippen molar-refractivity contribution in [2.24, 2.45) is 5.92 Å². The van der Waals surface area contributed by atoms with Crippen LogP contribution in [-0.4, -0.2) is 47.5 Å². The highest BCUT2D eigenvalue weighted by Gasteiger charge is 2.20. The van der Waals surface area contributed by atoms with E-state index < -0.39 is 0 Å². The Kier molecular flexibility index (Phi) is 8.92. The molecule has 0 amide bonds. The molecule has 0 aliphatic carbocycles. The fourth-order valence-corrected chi connectivity index (χ4v) is 4.17. The van der Waals surface area contributed by atoms with Crippen LogP contribution in [-0.2, 0) is 11.2 Å². The molecule has 164 valence electrons. The summed E-state index contributed by atoms with van der Waals surface area (Å²) in [4.78, 5) is 9.03. The summed E-state index contributed by atoms with van der Waals surface area (Å²) in [6.07, 6.45) is 10.1. The average molecular weight is 418 g/mol. The topological polar surface area (TPSA) is 28.6 Å². The van der Waals surface area contributed by atoms with Crippen LogP contribution in [0, 0.1) is 5.92 Å². The number of nitrogens with zero attached hydrogens (tertiary/aromatic N) is 3. The summed E-state index contributed by atoms with van der Waals surface area (Å²) in [5.41, 5.74) is 3.42. The van der Waals surface area contributed by atoms with Crippen LogP contribution in [0.4, 0.5) is 0 Å². The number of rotatable bonds is 12. The number of ether oxygens (including phenoxy) is 1. The molecule has 1 aliphatic rings. The molecule has 1 aromatic heterocycles. The molecule has 1 aromatic carbocycles. The molecule has 0 radical (unpaired) electrons. The first kappa shape index (κ1) is 22.8. The zero-order valence-corrected chi connectivity index (χ0v) is 18.6. The highest BCUT2D eigenvalue weighted by atomic mass is 16.5. The summed E-state index contributed by atoms with van der Waals surface area (Å²) >= 11 is 0. The van der Waals surface area contributed by atoms with Crippen molar-refractivity contribution in [2.45, 2.75) is 25.7 Å². The number of aryl methyl sites for hydroxylation is 1. The summed E-state index contributed by atoms with van der Waals surface area (Å²) in [7, 11) is 0. The van der Waals surface area contributed by atoms with Gasteiger partial charge in [-0.2, -0.15) is 0 Å². The highest BCUT2D eigenvalue weighted by Crippen LogP contribution is 2.23. The first-order valence-electron chi connectivity index (χ1n) is 11.2. The van der Waals surface area contributed by atoms with Gasteiger partial charge in [0.2, 0.25) is 0 Å². The quantitative estimate of drug-likeness (QED) is 0.434. The van der Waals surface area contributed by atoms with E-state index >= 15 is 0 Å². The van der Waals surface area contributed by atoms with E-state index in [-0.39, 0.29) is 0 Å². The smallest absolute Gasteiger partial charge is 0.115 e. The van der Waals surface area contributed by atoms with Crippen LogP contribution < -0.4 is 0 Å². The minimum absolute atomic E-state index is 0.591. The van der Waals surface area contributed by atoms with Crippen molar-refractivity contribution in [1.82, 2.24) is 14.8 Å². The number of likely N-dealkylation sites (tertiary alicyclic amines) is 1. The highest BCUT2D eigenvalue weighted by molar-refractivity contribution is 5.61. The van der Waals surface area contributed by atoms with Gasteiger partial charge in [-0.25, -0.2) is 0 Å². The second-order valence-electron chi connectivity index (χ2n) is 8.24. The van der Waals surface area contributed by atoms with Crippen LogP contribution in [0.1, 0.15) is 30.4 Å². The van der Waals surface area contributed by atoms with Crippen LogP contribution in [0.25, 0.3) is 5.70 Å². The summed E-state index contributed by atoms with van der Waals surface area (Å²) in [5, 5.41) is 0. The second-order valence-corrected chi connectivity index (χ2v) is 8.24. The Bertz CT molecular complexity index is 826. The van der Waals surface area contributed by atoms with Crippen molar-refractivity contribution in [3.05, 3.63) is 97.7 Å². The number of piperidine rings is 1. The molecule has 0 saturated carbocycles. The molecule has 1 saturated heterocycles. The molecular weight excluding hydrogens is 382 g/mol. The van der Waals surface area contributed by atoms with Crippen LogP contribution in [0.15, 0.2) is 86.6 Å². The van der Waals surface area contributed by atoms with E-state index in [1.54, 1.807) is 6.20 Å². The Labute approximate surface area is 187 Å². The van der Waals surface area contributed by atoms with E-state index in [1.165, 1.54) is 37.5 Å². The van der Waals surface area contributed by atoms with Gasteiger partial charge in [0.05, 0.1) is 12.8 Å². The molecule has 3 rings (SSSR count). The standard InChI is InChI=1S/C27H35N3O/c1-4-31-23(2)22-30(24(3)27-11-8-16-28-21-27)20-19-29-17-14-26(15-18-29)13-12-25-9-6-5-7-10-25/h4-11,16,21,26H,1-3,12-15,17-20,22H2. The van der Waals surface area contributed by atoms with Crippen LogP contribution in [0.5, 0.6) is 0 Å². The lowest BCUT2D eigenvalue weighted by Gasteiger charge is -2.35. The van der Waals surface area contributed by atoms with Crippen LogP contribution in [0.3, 0.4) is 0 Å². The summed E-state index contributed by atoms with van der Waals surface area (Å²) < 4.78 is 5.39. The molecule has 4 nitrogen and oxygen atoms in total. The Morgan fingerprint density at radius 2 is 1.90 bits per heavy atom. The average Bonchev–Trinajstić information content (AvgIpc) is 2.82. The maximum atomic E-state index is 5.39. The molecule has 0 bridgehead atoms. The van der Waals surface area contributed by atoms with Crippen molar-refractivity contribution in [2.75, 3.05) is 32.7 Å². The maximum absolute atomic E-state index is 5.39. The third-order valence-corrected chi connectivity index (χ3v) is 6.07. The molecule has 1 aliphatic heterocycles. The largest absolute Gasteiger partial charge is 0.469 e. The molecule has 31 heavy (non-hydrogen) atoms. The summed E-state index contributed by atoms with van der Waals surface area (Å²) in [6, 6.07) is 14.8. The monoisotopic (exact) mass is 417 g/mol. The molecule has 0 unspecified atom stereocenters. The lowest BCUT2D eigenvalue weighted by molar-refractivity contribution is 0.165. The van der Waals surface area contributed by atoms with Gasteiger partial charge in [0, 0.05) is 36.7 Å². The third kappa shape index (κ3) is 7.41. The molecule has 2 aromatic rings. The third-order valence-electron chi connectivity index (χ3n) is 6.07. The van der Waals surface area contributed by atoms with Gasteiger partial charge in [-0.05, 0) is 62.4 Å². The van der Waals surface area contributed by atoms with E-state index in [9.17, 15) is 0 Å². The normalized spacial score (nSPS) is 14.7. The predicted molar refractivity (Wildman–Crippen MR) is 129 cm³/mol. The minimum Gasteiger partial charge on any atom is -0.469 e. The van der Waals surface area contributed by atoms with Crippen molar-refractivity contribution in [3.8, 4) is 0 Å². The Morgan fingerprint density at radius 3 is 2.58 bits per heavy atom. The van der Waals surface area contributed by atoms with Crippen molar-refractivity contribution < 1.29 is 4.74 Å². The Balaban J connectivity index is 1.47. The van der Waals surface area contributed by atoms with Gasteiger partial charge in [-0.3, -0.25) is 4.98 Å². The predicted octanol–water partition coefficient (Wildman–Crippen LogP) is 5.37. The molecule has 0 N–H and O–H groups in total. The summed E-state index contributed by atoms with van der Waals surface area (Å²) in [5.74, 6) is 1.50. The van der Waals surface area contributed by atoms with Gasteiger partial charge < -0.3 is 14.5 Å². The van der Waals surface area contributed by atoms with E-state index in [4.69, 9.17) is 4.74 Å². The van der Waals surface area contributed by atoms with Gasteiger partial charge >= 0.3 is 0 Å². The van der Waals surface area contributed by atoms with E-state index in [0.29, 0.717) is 12.3 Å². The second kappa shape index (κ2) is 12.1. The zero-order chi connectivity index (χ0) is 21.9. The SMILES string of the molecule is C=COC(=C)CN(CCN1CCC(CCc2ccccc2)CC1)C(=C)c1cccnc1. The van der Waals surface area contributed by atoms with E-state index in [0.717, 1.165) is 43.4 Å². The molecule has 0 atom stereocenters. The van der Waals surface area contributed by atoms with E-state index in [2.05, 4.69) is 64.9 Å². The number of pyridine rings is 1. The van der Waals surface area contributed by atoms with Crippen molar-refractivity contribution >= 4 is 5.70 Å². The first-order valence-corrected chi connectivity index (χ1v) is 11.2. The van der Waals surface area contributed by atoms with Crippen LogP contribution in [0.2, 0.25) is 0 Å². The lowest BCUT2D eigenvalue weighted by atomic mass is 9.90. The summed E-state index contributed by atoms with van der Waals surface area (Å²) in [6.45, 7) is 16.7. The zero-order valence-electron chi connectivity index (χ0n) is 18.6. The van der Waals surface area contributed by atoms with Gasteiger partial charge in [-0.15, -0.1) is 0 Å². The molecule has 4 heteroatoms. The van der Waals surface area contributed by atoms with E-state index in [1.807, 2.05) is 18.3 Å². The number of benzene rings is 1. The van der Waals surface area contributed by atoms with Crippen molar-refractivity contribution in [1.29, 1.82) is 0 Å². The fraction of sp³-hybridized carbons (Fsp3) is 0.370. The Morgan fingerprint density at radius 1 is 1.13 bits per heavy atom.